The predicted molar refractivity (Wildman–Crippen MR) is 116 cm³/mol. The van der Waals surface area contributed by atoms with Crippen LogP contribution in [0.2, 0.25) is 5.02 Å². The summed E-state index contributed by atoms with van der Waals surface area (Å²) in [6, 6.07) is 16.0. The molecule has 5 rings (SSSR count). The molecule has 0 unspecified atom stereocenters. The molecule has 32 heavy (non-hydrogen) atoms. The second-order valence-corrected chi connectivity index (χ2v) is 8.43. The van der Waals surface area contributed by atoms with Gasteiger partial charge in [0.1, 0.15) is 23.1 Å². The fourth-order valence-electron chi connectivity index (χ4n) is 5.10. The summed E-state index contributed by atoms with van der Waals surface area (Å²) < 4.78 is 31.6. The first-order valence-electron chi connectivity index (χ1n) is 10.1. The monoisotopic (exact) mass is 454 g/mol. The molecule has 1 aliphatic heterocycles. The van der Waals surface area contributed by atoms with Crippen molar-refractivity contribution in [2.45, 2.75) is 23.5 Å². The lowest BCUT2D eigenvalue weighted by Crippen LogP contribution is -2.50. The first kappa shape index (κ1) is 20.8. The minimum absolute atomic E-state index is 0.0444. The standard InChI is InChI=1S/C25H20ClFO5/c1-30-18-11-20(31-2)23-21(12-18)32-25(15-6-8-16(26)9-7-15)19(13-22(28)24(23,25)29)14-4-3-5-17(27)10-14/h3-12,19,29H,13H2,1-2H3/t19-,24-,25+/m1/s1. The summed E-state index contributed by atoms with van der Waals surface area (Å²) in [6.45, 7) is 0. The number of carbonyl (C=O) groups is 1. The van der Waals surface area contributed by atoms with Gasteiger partial charge in [-0.3, -0.25) is 4.79 Å². The summed E-state index contributed by atoms with van der Waals surface area (Å²) in [6.07, 6.45) is -0.0444. The molecule has 0 bridgehead atoms. The zero-order chi connectivity index (χ0) is 22.7. The molecule has 0 radical (unpaired) electrons. The number of aliphatic hydroxyl groups is 1. The summed E-state index contributed by atoms with van der Waals surface area (Å²) in [5.41, 5.74) is -2.29. The Balaban J connectivity index is 1.83. The van der Waals surface area contributed by atoms with Crippen molar-refractivity contribution in [3.05, 3.63) is 88.2 Å². The molecule has 0 amide bonds. The highest BCUT2D eigenvalue weighted by molar-refractivity contribution is 6.30. The van der Waals surface area contributed by atoms with Gasteiger partial charge >= 0.3 is 0 Å². The maximum Gasteiger partial charge on any atom is 0.200 e. The van der Waals surface area contributed by atoms with Crippen molar-refractivity contribution >= 4 is 17.4 Å². The van der Waals surface area contributed by atoms with Gasteiger partial charge in [0.25, 0.3) is 0 Å². The van der Waals surface area contributed by atoms with Crippen LogP contribution < -0.4 is 14.2 Å². The Hall–Kier alpha value is -3.09. The first-order chi connectivity index (χ1) is 15.3. The maximum absolute atomic E-state index is 14.2. The predicted octanol–water partition coefficient (Wildman–Crippen LogP) is 4.73. The molecule has 1 fully saturated rings. The number of halogens is 2. The lowest BCUT2D eigenvalue weighted by Gasteiger charge is -2.39. The molecule has 2 aliphatic rings. The SMILES string of the molecule is COc1cc(OC)c2c(c1)O[C@@]1(c3ccc(Cl)cc3)[C@@H](c3cccc(F)c3)CC(=O)[C@@]21O. The van der Waals surface area contributed by atoms with Gasteiger partial charge in [0.05, 0.1) is 19.8 Å². The van der Waals surface area contributed by atoms with E-state index in [0.717, 1.165) is 0 Å². The fourth-order valence-corrected chi connectivity index (χ4v) is 5.23. The van der Waals surface area contributed by atoms with Crippen molar-refractivity contribution < 1.29 is 28.5 Å². The Kier molecular flexibility index (Phi) is 4.69. The highest BCUT2D eigenvalue weighted by Gasteiger charge is 2.74. The highest BCUT2D eigenvalue weighted by atomic mass is 35.5. The number of ether oxygens (including phenoxy) is 3. The van der Waals surface area contributed by atoms with Crippen molar-refractivity contribution in [3.63, 3.8) is 0 Å². The van der Waals surface area contributed by atoms with Crippen LogP contribution in [0.1, 0.15) is 29.0 Å². The van der Waals surface area contributed by atoms with Crippen molar-refractivity contribution in [2.24, 2.45) is 0 Å². The number of Topliss-reactive ketones (excluding diaryl/α,β-unsaturated/α-hetero) is 1. The molecule has 1 aliphatic carbocycles. The molecule has 1 heterocycles. The third kappa shape index (κ3) is 2.63. The van der Waals surface area contributed by atoms with Crippen LogP contribution in [0.4, 0.5) is 4.39 Å². The molecule has 0 aromatic heterocycles. The van der Waals surface area contributed by atoms with E-state index in [4.69, 9.17) is 25.8 Å². The molecular formula is C25H20ClFO5. The van der Waals surface area contributed by atoms with E-state index in [9.17, 15) is 14.3 Å². The van der Waals surface area contributed by atoms with Crippen LogP contribution in [0, 0.1) is 5.82 Å². The van der Waals surface area contributed by atoms with E-state index in [-0.39, 0.29) is 23.5 Å². The smallest absolute Gasteiger partial charge is 0.200 e. The fraction of sp³-hybridized carbons (Fsp3) is 0.240. The van der Waals surface area contributed by atoms with Crippen LogP contribution in [-0.4, -0.2) is 25.1 Å². The summed E-state index contributed by atoms with van der Waals surface area (Å²) in [5, 5.41) is 12.7. The van der Waals surface area contributed by atoms with Crippen molar-refractivity contribution in [2.75, 3.05) is 14.2 Å². The molecule has 3 aromatic rings. The van der Waals surface area contributed by atoms with Gasteiger partial charge in [0.15, 0.2) is 17.0 Å². The zero-order valence-corrected chi connectivity index (χ0v) is 18.2. The Morgan fingerprint density at radius 1 is 1.09 bits per heavy atom. The van der Waals surface area contributed by atoms with Crippen LogP contribution in [0.3, 0.4) is 0 Å². The van der Waals surface area contributed by atoms with Gasteiger partial charge in [-0.05, 0) is 35.4 Å². The van der Waals surface area contributed by atoms with Gasteiger partial charge in [0.2, 0.25) is 0 Å². The Morgan fingerprint density at radius 2 is 1.84 bits per heavy atom. The van der Waals surface area contributed by atoms with Gasteiger partial charge in [-0.2, -0.15) is 0 Å². The largest absolute Gasteiger partial charge is 0.496 e. The molecule has 1 saturated carbocycles. The molecule has 0 spiro atoms. The number of hydrogen-bond acceptors (Lipinski definition) is 5. The summed E-state index contributed by atoms with van der Waals surface area (Å²) in [4.78, 5) is 13.5. The molecule has 3 atom stereocenters. The van der Waals surface area contributed by atoms with Crippen LogP contribution in [-0.2, 0) is 16.0 Å². The maximum atomic E-state index is 14.2. The minimum atomic E-state index is -2.06. The van der Waals surface area contributed by atoms with Gasteiger partial charge in [-0.15, -0.1) is 0 Å². The van der Waals surface area contributed by atoms with Crippen molar-refractivity contribution in [1.82, 2.24) is 0 Å². The van der Waals surface area contributed by atoms with Crippen LogP contribution in [0.5, 0.6) is 17.2 Å². The summed E-state index contributed by atoms with van der Waals surface area (Å²) in [7, 11) is 2.95. The molecule has 1 N–H and O–H groups in total. The number of benzene rings is 3. The quantitative estimate of drug-likeness (QED) is 0.617. The second-order valence-electron chi connectivity index (χ2n) is 7.99. The van der Waals surface area contributed by atoms with Crippen molar-refractivity contribution in [1.29, 1.82) is 0 Å². The number of carbonyl (C=O) groups excluding carboxylic acids is 1. The third-order valence-corrected chi connectivity index (χ3v) is 6.73. The van der Waals surface area contributed by atoms with E-state index in [1.54, 1.807) is 48.5 Å². The molecule has 5 nitrogen and oxygen atoms in total. The van der Waals surface area contributed by atoms with Gasteiger partial charge < -0.3 is 19.3 Å². The van der Waals surface area contributed by atoms with Crippen LogP contribution >= 0.6 is 11.6 Å². The molecule has 3 aromatic carbocycles. The average molecular weight is 455 g/mol. The summed E-state index contributed by atoms with van der Waals surface area (Å²) in [5.74, 6) is -0.556. The van der Waals surface area contributed by atoms with E-state index in [1.807, 2.05) is 0 Å². The first-order valence-corrected chi connectivity index (χ1v) is 10.5. The highest BCUT2D eigenvalue weighted by Crippen LogP contribution is 2.67. The number of methoxy groups -OCH3 is 2. The Labute approximate surface area is 189 Å². The zero-order valence-electron chi connectivity index (χ0n) is 17.4. The molecule has 0 saturated heterocycles. The Morgan fingerprint density at radius 3 is 2.50 bits per heavy atom. The van der Waals surface area contributed by atoms with E-state index < -0.39 is 28.7 Å². The Bertz CT molecular complexity index is 1230. The summed E-state index contributed by atoms with van der Waals surface area (Å²) >= 11 is 6.12. The number of hydrogen-bond donors (Lipinski definition) is 1. The second kappa shape index (κ2) is 7.22. The molecule has 7 heteroatoms. The number of rotatable bonds is 4. The van der Waals surface area contributed by atoms with Gasteiger partial charge in [-0.1, -0.05) is 35.9 Å². The average Bonchev–Trinajstić information content (AvgIpc) is 3.19. The van der Waals surface area contributed by atoms with E-state index in [1.165, 1.54) is 26.4 Å². The van der Waals surface area contributed by atoms with E-state index in [0.29, 0.717) is 21.9 Å². The van der Waals surface area contributed by atoms with Crippen LogP contribution in [0.15, 0.2) is 60.7 Å². The van der Waals surface area contributed by atoms with Gasteiger partial charge in [-0.25, -0.2) is 4.39 Å². The normalized spacial score (nSPS) is 25.8. The van der Waals surface area contributed by atoms with E-state index in [2.05, 4.69) is 0 Å². The number of ketones is 1. The van der Waals surface area contributed by atoms with Crippen molar-refractivity contribution in [3.8, 4) is 17.2 Å². The molecular weight excluding hydrogens is 435 g/mol. The minimum Gasteiger partial charge on any atom is -0.496 e. The third-order valence-electron chi connectivity index (χ3n) is 6.47. The van der Waals surface area contributed by atoms with E-state index >= 15 is 0 Å². The lowest BCUT2D eigenvalue weighted by molar-refractivity contribution is -0.151. The van der Waals surface area contributed by atoms with Gasteiger partial charge in [0, 0.05) is 29.5 Å². The van der Waals surface area contributed by atoms with Crippen LogP contribution in [0.25, 0.3) is 0 Å². The lowest BCUT2D eigenvalue weighted by atomic mass is 9.71. The number of fused-ring (bicyclic) bond motifs is 3. The molecule has 164 valence electrons. The topological polar surface area (TPSA) is 65.0 Å².